The lowest BCUT2D eigenvalue weighted by molar-refractivity contribution is -0.139. The minimum Gasteiger partial charge on any atom is -0.304 e. The van der Waals surface area contributed by atoms with E-state index in [1.165, 1.54) is 4.90 Å². The first-order valence-corrected chi connectivity index (χ1v) is 10.4. The zero-order valence-corrected chi connectivity index (χ0v) is 17.5. The number of benzene rings is 3. The Hall–Kier alpha value is -3.73. The van der Waals surface area contributed by atoms with Crippen LogP contribution in [0.2, 0.25) is 0 Å². The molecule has 1 fully saturated rings. The summed E-state index contributed by atoms with van der Waals surface area (Å²) in [5.74, 6) is -0.385. The summed E-state index contributed by atoms with van der Waals surface area (Å²) in [6, 6.07) is 24.9. The Labute approximate surface area is 181 Å². The van der Waals surface area contributed by atoms with Crippen molar-refractivity contribution in [3.8, 4) is 0 Å². The van der Waals surface area contributed by atoms with Crippen LogP contribution in [-0.4, -0.2) is 22.6 Å². The van der Waals surface area contributed by atoms with Crippen molar-refractivity contribution < 1.29 is 14.4 Å². The normalized spacial score (nSPS) is 13.5. The van der Waals surface area contributed by atoms with Gasteiger partial charge in [0.25, 0.3) is 5.91 Å². The molecule has 0 N–H and O–H groups in total. The molecule has 0 aromatic heterocycles. The second kappa shape index (κ2) is 8.96. The molecule has 0 atom stereocenters. The fourth-order valence-corrected chi connectivity index (χ4v) is 3.66. The molecule has 3 aromatic carbocycles. The van der Waals surface area contributed by atoms with E-state index in [0.29, 0.717) is 12.1 Å². The van der Waals surface area contributed by atoms with Gasteiger partial charge in [0.15, 0.2) is 0 Å². The van der Waals surface area contributed by atoms with Gasteiger partial charge < -0.3 is 4.90 Å². The molecule has 1 heterocycles. The molecule has 1 aliphatic rings. The molecule has 31 heavy (non-hydrogen) atoms. The van der Waals surface area contributed by atoms with Crippen molar-refractivity contribution in [1.29, 1.82) is 0 Å². The highest BCUT2D eigenvalue weighted by atomic mass is 16.2. The van der Waals surface area contributed by atoms with Crippen LogP contribution in [0.1, 0.15) is 39.9 Å². The lowest BCUT2D eigenvalue weighted by Gasteiger charge is -2.24. The third kappa shape index (κ3) is 4.72. The van der Waals surface area contributed by atoms with E-state index in [9.17, 15) is 14.4 Å². The number of anilines is 1. The molecule has 0 aliphatic carbocycles. The first-order valence-electron chi connectivity index (χ1n) is 10.4. The molecule has 5 nitrogen and oxygen atoms in total. The number of hydrogen-bond acceptors (Lipinski definition) is 3. The van der Waals surface area contributed by atoms with E-state index in [1.807, 2.05) is 73.7 Å². The van der Waals surface area contributed by atoms with Gasteiger partial charge in [-0.1, -0.05) is 60.2 Å². The van der Waals surface area contributed by atoms with Crippen molar-refractivity contribution in [3.63, 3.8) is 0 Å². The molecular formula is C26H24N2O3. The lowest BCUT2D eigenvalue weighted by atomic mass is 10.1. The van der Waals surface area contributed by atoms with Gasteiger partial charge in [0.2, 0.25) is 11.8 Å². The maximum atomic E-state index is 13.4. The standard InChI is InChI=1S/C26H24N2O3/c1-19-7-13-23(14-8-19)27(17-20-5-3-2-4-6-20)26(31)22-11-9-21(10-12-22)18-28-24(29)15-16-25(28)30/h2-14H,15-18H2,1H3. The molecule has 0 saturated carbocycles. The third-order valence-corrected chi connectivity index (χ3v) is 5.47. The van der Waals surface area contributed by atoms with Crippen LogP contribution < -0.4 is 4.90 Å². The molecule has 1 aliphatic heterocycles. The second-order valence-electron chi connectivity index (χ2n) is 7.78. The quantitative estimate of drug-likeness (QED) is 0.561. The fraction of sp³-hybridized carbons (Fsp3) is 0.192. The third-order valence-electron chi connectivity index (χ3n) is 5.47. The minimum absolute atomic E-state index is 0.104. The first kappa shape index (κ1) is 20.5. The molecule has 3 amide bonds. The molecule has 156 valence electrons. The molecule has 0 radical (unpaired) electrons. The first-order chi connectivity index (χ1) is 15.0. The van der Waals surface area contributed by atoms with Crippen molar-refractivity contribution in [2.45, 2.75) is 32.9 Å². The number of aryl methyl sites for hydroxylation is 1. The highest BCUT2D eigenvalue weighted by molar-refractivity contribution is 6.06. The molecule has 0 bridgehead atoms. The summed E-state index contributed by atoms with van der Waals surface area (Å²) < 4.78 is 0. The summed E-state index contributed by atoms with van der Waals surface area (Å²) >= 11 is 0. The second-order valence-corrected chi connectivity index (χ2v) is 7.78. The molecule has 3 aromatic rings. The molecule has 4 rings (SSSR count). The number of rotatable bonds is 6. The smallest absolute Gasteiger partial charge is 0.258 e. The van der Waals surface area contributed by atoms with E-state index in [1.54, 1.807) is 17.0 Å². The van der Waals surface area contributed by atoms with Crippen LogP contribution in [0, 0.1) is 6.92 Å². The van der Waals surface area contributed by atoms with Crippen molar-refractivity contribution >= 4 is 23.4 Å². The Balaban J connectivity index is 1.56. The number of nitrogens with zero attached hydrogens (tertiary/aromatic N) is 2. The molecule has 1 saturated heterocycles. The number of carbonyl (C=O) groups is 3. The highest BCUT2D eigenvalue weighted by Gasteiger charge is 2.28. The summed E-state index contributed by atoms with van der Waals surface area (Å²) in [7, 11) is 0. The maximum Gasteiger partial charge on any atom is 0.258 e. The number of carbonyl (C=O) groups excluding carboxylic acids is 3. The van der Waals surface area contributed by atoms with E-state index >= 15 is 0 Å². The maximum absolute atomic E-state index is 13.4. The monoisotopic (exact) mass is 412 g/mol. The van der Waals surface area contributed by atoms with Crippen molar-refractivity contribution in [2.24, 2.45) is 0 Å². The Morgan fingerprint density at radius 2 is 1.42 bits per heavy atom. The zero-order chi connectivity index (χ0) is 21.8. The number of hydrogen-bond donors (Lipinski definition) is 0. The van der Waals surface area contributed by atoms with Crippen LogP contribution in [-0.2, 0) is 22.7 Å². The Bertz CT molecular complexity index is 1070. The van der Waals surface area contributed by atoms with Crippen LogP contribution in [0.4, 0.5) is 5.69 Å². The molecule has 5 heteroatoms. The van der Waals surface area contributed by atoms with Crippen LogP contribution in [0.3, 0.4) is 0 Å². The van der Waals surface area contributed by atoms with Crippen molar-refractivity contribution in [3.05, 3.63) is 101 Å². The van der Waals surface area contributed by atoms with Crippen LogP contribution >= 0.6 is 0 Å². The van der Waals surface area contributed by atoms with Gasteiger partial charge in [-0.15, -0.1) is 0 Å². The number of amides is 3. The van der Waals surface area contributed by atoms with E-state index in [4.69, 9.17) is 0 Å². The topological polar surface area (TPSA) is 57.7 Å². The zero-order valence-electron chi connectivity index (χ0n) is 17.5. The van der Waals surface area contributed by atoms with Gasteiger partial charge in [-0.2, -0.15) is 0 Å². The summed E-state index contributed by atoms with van der Waals surface area (Å²) in [6.45, 7) is 2.72. The summed E-state index contributed by atoms with van der Waals surface area (Å²) in [5, 5.41) is 0. The number of likely N-dealkylation sites (tertiary alicyclic amines) is 1. The molecule has 0 unspecified atom stereocenters. The average molecular weight is 412 g/mol. The number of imide groups is 1. The minimum atomic E-state index is -0.140. The fourth-order valence-electron chi connectivity index (χ4n) is 3.66. The van der Waals surface area contributed by atoms with Gasteiger partial charge in [-0.3, -0.25) is 19.3 Å². The van der Waals surface area contributed by atoms with E-state index in [2.05, 4.69) is 0 Å². The largest absolute Gasteiger partial charge is 0.304 e. The van der Waals surface area contributed by atoms with E-state index in [0.717, 1.165) is 22.4 Å². The SMILES string of the molecule is Cc1ccc(N(Cc2ccccc2)C(=O)c2ccc(CN3C(=O)CCC3=O)cc2)cc1. The van der Waals surface area contributed by atoms with E-state index < -0.39 is 0 Å². The van der Waals surface area contributed by atoms with Gasteiger partial charge in [-0.25, -0.2) is 0 Å². The van der Waals surface area contributed by atoms with Crippen LogP contribution in [0.15, 0.2) is 78.9 Å². The van der Waals surface area contributed by atoms with Crippen LogP contribution in [0.25, 0.3) is 0 Å². The van der Waals surface area contributed by atoms with Gasteiger partial charge >= 0.3 is 0 Å². The summed E-state index contributed by atoms with van der Waals surface area (Å²) in [4.78, 5) is 40.2. The van der Waals surface area contributed by atoms with Crippen molar-refractivity contribution in [1.82, 2.24) is 4.90 Å². The predicted octanol–water partition coefficient (Wildman–Crippen LogP) is 4.49. The van der Waals surface area contributed by atoms with Gasteiger partial charge in [-0.05, 0) is 42.3 Å². The predicted molar refractivity (Wildman–Crippen MR) is 119 cm³/mol. The summed E-state index contributed by atoms with van der Waals surface area (Å²) in [6.07, 6.45) is 0.556. The Kier molecular flexibility index (Phi) is 5.94. The molecule has 0 spiro atoms. The van der Waals surface area contributed by atoms with Gasteiger partial charge in [0, 0.05) is 24.1 Å². The Morgan fingerprint density at radius 3 is 2.03 bits per heavy atom. The highest BCUT2D eigenvalue weighted by Crippen LogP contribution is 2.22. The van der Waals surface area contributed by atoms with Gasteiger partial charge in [0.05, 0.1) is 13.1 Å². The van der Waals surface area contributed by atoms with Crippen molar-refractivity contribution in [2.75, 3.05) is 4.90 Å². The summed E-state index contributed by atoms with van der Waals surface area (Å²) in [5.41, 5.74) is 4.38. The molecular weight excluding hydrogens is 388 g/mol. The van der Waals surface area contributed by atoms with Crippen LogP contribution in [0.5, 0.6) is 0 Å². The van der Waals surface area contributed by atoms with E-state index in [-0.39, 0.29) is 37.1 Å². The lowest BCUT2D eigenvalue weighted by Crippen LogP contribution is -2.30. The average Bonchev–Trinajstić information content (AvgIpc) is 3.11. The van der Waals surface area contributed by atoms with Gasteiger partial charge in [0.1, 0.15) is 0 Å². The Morgan fingerprint density at radius 1 is 0.806 bits per heavy atom.